The van der Waals surface area contributed by atoms with Gasteiger partial charge in [-0.3, -0.25) is 4.79 Å². The van der Waals surface area contributed by atoms with Crippen molar-refractivity contribution in [2.45, 2.75) is 20.4 Å². The molecule has 0 unspecified atom stereocenters. The lowest BCUT2D eigenvalue weighted by atomic mass is 10.3. The van der Waals surface area contributed by atoms with E-state index >= 15 is 0 Å². The fourth-order valence-corrected chi connectivity index (χ4v) is 1.44. The van der Waals surface area contributed by atoms with E-state index in [0.717, 1.165) is 0 Å². The Balaban J connectivity index is 3.05. The molecule has 0 saturated heterocycles. The first-order chi connectivity index (χ1) is 8.54. The summed E-state index contributed by atoms with van der Waals surface area (Å²) >= 11 is 0. The van der Waals surface area contributed by atoms with Crippen LogP contribution in [0, 0.1) is 11.3 Å². The number of carbonyl (C=O) groups excluding carboxylic acids is 1. The lowest BCUT2D eigenvalue weighted by molar-refractivity contribution is -0.143. The summed E-state index contributed by atoms with van der Waals surface area (Å²) in [5.41, 5.74) is 6.08. The van der Waals surface area contributed by atoms with E-state index < -0.39 is 5.97 Å². The molecule has 0 radical (unpaired) electrons. The van der Waals surface area contributed by atoms with Crippen molar-refractivity contribution in [2.75, 3.05) is 30.8 Å². The van der Waals surface area contributed by atoms with Gasteiger partial charge in [0.05, 0.1) is 6.61 Å². The highest BCUT2D eigenvalue weighted by Gasteiger charge is 2.19. The number of nitrogens with two attached hydrogens (primary N) is 1. The summed E-state index contributed by atoms with van der Waals surface area (Å²) in [6.45, 7) is 4.55. The highest BCUT2D eigenvalue weighted by Crippen LogP contribution is 2.23. The minimum atomic E-state index is -0.429. The molecule has 18 heavy (non-hydrogen) atoms. The van der Waals surface area contributed by atoms with Crippen LogP contribution in [0.25, 0.3) is 0 Å². The van der Waals surface area contributed by atoms with Crippen LogP contribution >= 0.6 is 0 Å². The molecule has 1 aromatic heterocycles. The molecule has 0 aliphatic rings. The average Bonchev–Trinajstić information content (AvgIpc) is 2.65. The van der Waals surface area contributed by atoms with E-state index in [-0.39, 0.29) is 17.9 Å². The second kappa shape index (κ2) is 5.91. The Hall–Kier alpha value is -2.23. The van der Waals surface area contributed by atoms with Crippen molar-refractivity contribution >= 4 is 17.6 Å². The molecule has 0 saturated carbocycles. The van der Waals surface area contributed by atoms with Crippen molar-refractivity contribution in [2.24, 2.45) is 0 Å². The topological polar surface area (TPSA) is 97.2 Å². The quantitative estimate of drug-likeness (QED) is 0.759. The van der Waals surface area contributed by atoms with Gasteiger partial charge < -0.3 is 15.4 Å². The first kappa shape index (κ1) is 13.8. The Kier molecular flexibility index (Phi) is 4.54. The van der Waals surface area contributed by atoms with E-state index in [4.69, 9.17) is 15.7 Å². The number of hydrogen-bond donors (Lipinski definition) is 1. The monoisotopic (exact) mass is 251 g/mol. The molecule has 0 aromatic carbocycles. The van der Waals surface area contributed by atoms with Gasteiger partial charge in [-0.2, -0.15) is 10.4 Å². The summed E-state index contributed by atoms with van der Waals surface area (Å²) in [4.78, 5) is 13.2. The predicted molar refractivity (Wildman–Crippen MR) is 66.9 cm³/mol. The Morgan fingerprint density at radius 2 is 2.28 bits per heavy atom. The SMILES string of the molecule is CCOC(=O)Cn1nc(N(C)CC)c(C#N)c1N. The first-order valence-electron chi connectivity index (χ1n) is 5.68. The number of nitriles is 1. The zero-order valence-electron chi connectivity index (χ0n) is 10.8. The molecule has 7 heteroatoms. The standard InChI is InChI=1S/C11H17N5O2/c1-4-15(3)11-8(6-12)10(13)16(14-11)7-9(17)18-5-2/h4-5,7,13H2,1-3H3. The number of esters is 1. The number of nitrogen functional groups attached to an aromatic ring is 1. The van der Waals surface area contributed by atoms with Crippen molar-refractivity contribution in [1.82, 2.24) is 9.78 Å². The zero-order chi connectivity index (χ0) is 13.7. The molecule has 1 aromatic rings. The molecule has 98 valence electrons. The van der Waals surface area contributed by atoms with Gasteiger partial charge in [-0.05, 0) is 13.8 Å². The van der Waals surface area contributed by atoms with Gasteiger partial charge in [-0.25, -0.2) is 4.68 Å². The summed E-state index contributed by atoms with van der Waals surface area (Å²) in [5.74, 6) is 0.226. The molecular formula is C11H17N5O2. The van der Waals surface area contributed by atoms with E-state index in [1.54, 1.807) is 18.9 Å². The molecule has 1 rings (SSSR count). The van der Waals surface area contributed by atoms with Crippen molar-refractivity contribution in [3.63, 3.8) is 0 Å². The number of ether oxygens (including phenoxy) is 1. The Bertz CT molecular complexity index is 475. The highest BCUT2D eigenvalue weighted by atomic mass is 16.5. The van der Waals surface area contributed by atoms with Crippen LogP contribution in [0.5, 0.6) is 0 Å². The third-order valence-electron chi connectivity index (χ3n) is 2.51. The summed E-state index contributed by atoms with van der Waals surface area (Å²) in [6, 6.07) is 2.00. The van der Waals surface area contributed by atoms with Crippen LogP contribution in [0.1, 0.15) is 19.4 Å². The molecule has 0 bridgehead atoms. The van der Waals surface area contributed by atoms with Gasteiger partial charge in [-0.1, -0.05) is 0 Å². The van der Waals surface area contributed by atoms with E-state index in [1.165, 1.54) is 4.68 Å². The van der Waals surface area contributed by atoms with Crippen molar-refractivity contribution in [1.29, 1.82) is 5.26 Å². The van der Waals surface area contributed by atoms with Crippen LogP contribution in [0.15, 0.2) is 0 Å². The molecule has 1 heterocycles. The van der Waals surface area contributed by atoms with Crippen molar-refractivity contribution in [3.05, 3.63) is 5.56 Å². The molecule has 7 nitrogen and oxygen atoms in total. The largest absolute Gasteiger partial charge is 0.465 e. The lowest BCUT2D eigenvalue weighted by Gasteiger charge is -2.12. The molecule has 0 aliphatic heterocycles. The molecule has 0 atom stereocenters. The number of carbonyl (C=O) groups is 1. The summed E-state index contributed by atoms with van der Waals surface area (Å²) in [7, 11) is 1.80. The Labute approximate surface area is 106 Å². The maximum Gasteiger partial charge on any atom is 0.327 e. The first-order valence-corrected chi connectivity index (χ1v) is 5.68. The van der Waals surface area contributed by atoms with Crippen molar-refractivity contribution in [3.8, 4) is 6.07 Å². The summed E-state index contributed by atoms with van der Waals surface area (Å²) < 4.78 is 6.11. The lowest BCUT2D eigenvalue weighted by Crippen LogP contribution is -2.19. The van der Waals surface area contributed by atoms with Gasteiger partial charge in [0.1, 0.15) is 24.0 Å². The maximum absolute atomic E-state index is 11.4. The summed E-state index contributed by atoms with van der Waals surface area (Å²) in [6.07, 6.45) is 0. The fourth-order valence-electron chi connectivity index (χ4n) is 1.44. The minimum Gasteiger partial charge on any atom is -0.465 e. The second-order valence-electron chi connectivity index (χ2n) is 3.67. The summed E-state index contributed by atoms with van der Waals surface area (Å²) in [5, 5.41) is 13.2. The maximum atomic E-state index is 11.4. The Morgan fingerprint density at radius 1 is 1.61 bits per heavy atom. The van der Waals surface area contributed by atoms with Gasteiger partial charge in [0.25, 0.3) is 0 Å². The van der Waals surface area contributed by atoms with E-state index in [0.29, 0.717) is 19.0 Å². The number of aromatic nitrogens is 2. The average molecular weight is 251 g/mol. The smallest absolute Gasteiger partial charge is 0.327 e. The van der Waals surface area contributed by atoms with Crippen LogP contribution in [0.2, 0.25) is 0 Å². The highest BCUT2D eigenvalue weighted by molar-refractivity contribution is 5.71. The van der Waals surface area contributed by atoms with Crippen LogP contribution < -0.4 is 10.6 Å². The molecule has 0 aliphatic carbocycles. The number of rotatable bonds is 5. The zero-order valence-corrected chi connectivity index (χ0v) is 10.8. The number of anilines is 2. The predicted octanol–water partition coefficient (Wildman–Crippen LogP) is 0.356. The number of nitrogens with zero attached hydrogens (tertiary/aromatic N) is 4. The normalized spacial score (nSPS) is 9.89. The van der Waals surface area contributed by atoms with E-state index in [1.807, 2.05) is 13.0 Å². The molecule has 0 amide bonds. The third-order valence-corrected chi connectivity index (χ3v) is 2.51. The van der Waals surface area contributed by atoms with E-state index in [9.17, 15) is 4.79 Å². The van der Waals surface area contributed by atoms with Gasteiger partial charge in [0, 0.05) is 13.6 Å². The molecule has 0 spiro atoms. The third kappa shape index (κ3) is 2.71. The van der Waals surface area contributed by atoms with Gasteiger partial charge in [-0.15, -0.1) is 0 Å². The minimum absolute atomic E-state index is 0.0914. The van der Waals surface area contributed by atoms with Crippen molar-refractivity contribution < 1.29 is 9.53 Å². The molecule has 0 fully saturated rings. The number of hydrogen-bond acceptors (Lipinski definition) is 6. The van der Waals surface area contributed by atoms with Gasteiger partial charge in [0.2, 0.25) is 0 Å². The van der Waals surface area contributed by atoms with Crippen LogP contribution in [-0.2, 0) is 16.1 Å². The fraction of sp³-hybridized carbons (Fsp3) is 0.545. The van der Waals surface area contributed by atoms with Gasteiger partial charge in [0.15, 0.2) is 5.82 Å². The van der Waals surface area contributed by atoms with Crippen LogP contribution in [0.4, 0.5) is 11.6 Å². The Morgan fingerprint density at radius 3 is 2.78 bits per heavy atom. The van der Waals surface area contributed by atoms with Gasteiger partial charge >= 0.3 is 5.97 Å². The molecule has 2 N–H and O–H groups in total. The van der Waals surface area contributed by atoms with Crippen LogP contribution in [-0.4, -0.2) is 35.9 Å². The second-order valence-corrected chi connectivity index (χ2v) is 3.67. The molecular weight excluding hydrogens is 234 g/mol. The van der Waals surface area contributed by atoms with E-state index in [2.05, 4.69) is 5.10 Å². The van der Waals surface area contributed by atoms with Crippen LogP contribution in [0.3, 0.4) is 0 Å².